The molecule has 1 aliphatic rings. The molecule has 0 aromatic carbocycles. The summed E-state index contributed by atoms with van der Waals surface area (Å²) in [5.74, 6) is 0.465. The first-order valence-electron chi connectivity index (χ1n) is 13.2. The van der Waals surface area contributed by atoms with Gasteiger partial charge < -0.3 is 24.1 Å². The van der Waals surface area contributed by atoms with E-state index in [0.717, 1.165) is 17.6 Å². The zero-order valence-corrected chi connectivity index (χ0v) is 24.3. The zero-order valence-electron chi connectivity index (χ0n) is 24.3. The summed E-state index contributed by atoms with van der Waals surface area (Å²) in [4.78, 5) is 24.0. The summed E-state index contributed by atoms with van der Waals surface area (Å²) in [7, 11) is 0. The van der Waals surface area contributed by atoms with Crippen molar-refractivity contribution in [2.24, 2.45) is 16.7 Å². The second-order valence-electron chi connectivity index (χ2n) is 10.4. The highest BCUT2D eigenvalue weighted by molar-refractivity contribution is 5.71. The second kappa shape index (κ2) is 18.1. The highest BCUT2D eigenvalue weighted by atomic mass is 16.6. The summed E-state index contributed by atoms with van der Waals surface area (Å²) in [5.41, 5.74) is 1.49. The third kappa shape index (κ3) is 13.2. The number of ether oxygens (including phenoxy) is 4. The van der Waals surface area contributed by atoms with Crippen LogP contribution in [0.5, 0.6) is 0 Å². The summed E-state index contributed by atoms with van der Waals surface area (Å²) in [5, 5.41) is 9.53. The van der Waals surface area contributed by atoms with Gasteiger partial charge in [-0.3, -0.25) is 0 Å². The van der Waals surface area contributed by atoms with Crippen molar-refractivity contribution in [2.75, 3.05) is 33.0 Å². The molecule has 0 spiro atoms. The Hall–Kier alpha value is -2.28. The van der Waals surface area contributed by atoms with Crippen LogP contribution in [0.2, 0.25) is 0 Å². The van der Waals surface area contributed by atoms with Crippen LogP contribution in [-0.2, 0) is 28.5 Å². The predicted molar refractivity (Wildman–Crippen MR) is 150 cm³/mol. The van der Waals surface area contributed by atoms with Gasteiger partial charge in [0.25, 0.3) is 0 Å². The maximum atomic E-state index is 12.0. The maximum absolute atomic E-state index is 12.0. The van der Waals surface area contributed by atoms with Gasteiger partial charge in [0.15, 0.2) is 13.2 Å². The molecule has 7 nitrogen and oxygen atoms in total. The van der Waals surface area contributed by atoms with E-state index in [1.54, 1.807) is 13.8 Å². The third-order valence-electron chi connectivity index (χ3n) is 5.56. The molecular weight excluding hydrogens is 472 g/mol. The largest absolute Gasteiger partial charge is 0.486 e. The predicted octanol–water partition coefficient (Wildman–Crippen LogP) is 6.76. The molecule has 1 aliphatic carbocycles. The van der Waals surface area contributed by atoms with Gasteiger partial charge in [-0.1, -0.05) is 62.8 Å². The van der Waals surface area contributed by atoms with Crippen LogP contribution in [0.1, 0.15) is 95.9 Å². The van der Waals surface area contributed by atoms with Crippen molar-refractivity contribution >= 4 is 11.9 Å². The minimum atomic E-state index is -0.433. The lowest BCUT2D eigenvalue weighted by Gasteiger charge is -2.34. The van der Waals surface area contributed by atoms with Gasteiger partial charge in [0, 0.05) is 13.0 Å². The van der Waals surface area contributed by atoms with Crippen LogP contribution >= 0.6 is 0 Å². The number of hydrogen-bond donors (Lipinski definition) is 1. The number of hydrogen-bond acceptors (Lipinski definition) is 7. The van der Waals surface area contributed by atoms with E-state index in [1.807, 2.05) is 19.9 Å². The Kier molecular flexibility index (Phi) is 18.0. The summed E-state index contributed by atoms with van der Waals surface area (Å²) in [6, 6.07) is 0. The van der Waals surface area contributed by atoms with Gasteiger partial charge in [-0.05, 0) is 66.7 Å². The summed E-state index contributed by atoms with van der Waals surface area (Å²) in [6.45, 7) is 20.6. The number of rotatable bonds is 12. The van der Waals surface area contributed by atoms with E-state index < -0.39 is 11.9 Å². The molecule has 0 aromatic heterocycles. The van der Waals surface area contributed by atoms with E-state index in [0.29, 0.717) is 31.0 Å². The number of allylic oxidation sites excluding steroid dienone is 4. The monoisotopic (exact) mass is 526 g/mol. The van der Waals surface area contributed by atoms with Crippen molar-refractivity contribution in [3.05, 3.63) is 34.8 Å². The summed E-state index contributed by atoms with van der Waals surface area (Å²) >= 11 is 0. The third-order valence-corrected chi connectivity index (χ3v) is 5.56. The van der Waals surface area contributed by atoms with Gasteiger partial charge in [0.2, 0.25) is 0 Å². The lowest BCUT2D eigenvalue weighted by molar-refractivity contribution is -0.147. The first kappa shape index (κ1) is 36.9. The average molecular weight is 527 g/mol. The molecule has 1 rings (SSSR count). The quantitative estimate of drug-likeness (QED) is 0.281. The van der Waals surface area contributed by atoms with Crippen molar-refractivity contribution in [1.29, 1.82) is 0 Å². The van der Waals surface area contributed by atoms with Gasteiger partial charge >= 0.3 is 11.9 Å². The molecule has 7 heteroatoms. The maximum Gasteiger partial charge on any atom is 0.344 e. The topological polar surface area (TPSA) is 91.3 Å². The Labute approximate surface area is 226 Å². The van der Waals surface area contributed by atoms with Crippen molar-refractivity contribution in [3.63, 3.8) is 0 Å². The molecule has 1 atom stereocenters. The van der Waals surface area contributed by atoms with E-state index in [9.17, 15) is 14.7 Å². The molecule has 0 fully saturated rings. The molecule has 0 radical (unpaired) electrons. The Bertz CT molecular complexity index is 777. The van der Waals surface area contributed by atoms with E-state index in [2.05, 4.69) is 47.6 Å². The molecule has 0 aliphatic heterocycles. The van der Waals surface area contributed by atoms with Gasteiger partial charge in [-0.25, -0.2) is 9.59 Å². The van der Waals surface area contributed by atoms with Crippen LogP contribution in [-0.4, -0.2) is 50.1 Å². The van der Waals surface area contributed by atoms with E-state index in [-0.39, 0.29) is 50.6 Å². The fourth-order valence-electron chi connectivity index (χ4n) is 3.94. The Morgan fingerprint density at radius 2 is 1.46 bits per heavy atom. The van der Waals surface area contributed by atoms with Crippen molar-refractivity contribution in [3.8, 4) is 0 Å². The van der Waals surface area contributed by atoms with Gasteiger partial charge in [0.1, 0.15) is 11.5 Å². The Morgan fingerprint density at radius 1 is 0.946 bits per heavy atom. The fraction of sp³-hybridized carbons (Fsp3) is 0.733. The normalized spacial score (nSPS) is 14.6. The number of aliphatic hydroxyl groups is 1. The smallest absolute Gasteiger partial charge is 0.344 e. The highest BCUT2D eigenvalue weighted by Crippen LogP contribution is 2.43. The van der Waals surface area contributed by atoms with Crippen LogP contribution in [0, 0.1) is 16.7 Å². The van der Waals surface area contributed by atoms with Crippen LogP contribution in [0.3, 0.4) is 0 Å². The van der Waals surface area contributed by atoms with Crippen LogP contribution in [0.15, 0.2) is 34.8 Å². The summed E-state index contributed by atoms with van der Waals surface area (Å²) in [6.07, 6.45) is 5.79. The fourth-order valence-corrected chi connectivity index (χ4v) is 3.94. The average Bonchev–Trinajstić information content (AvgIpc) is 2.97. The van der Waals surface area contributed by atoms with Crippen LogP contribution in [0.4, 0.5) is 0 Å². The van der Waals surface area contributed by atoms with Crippen molar-refractivity contribution < 1.29 is 33.6 Å². The molecule has 216 valence electrons. The SMILES string of the molecule is C.CC.CCOC(=O)COC1=CCC(OCC(=O)OCC)=C(C(C)(C)C)C=C1C(CCCO)C(C)(C)C. The minimum Gasteiger partial charge on any atom is -0.486 e. The molecule has 0 amide bonds. The molecule has 0 aromatic rings. The first-order chi connectivity index (χ1) is 16.8. The lowest BCUT2D eigenvalue weighted by atomic mass is 9.72. The number of esters is 2. The van der Waals surface area contributed by atoms with Gasteiger partial charge in [-0.15, -0.1) is 0 Å². The molecule has 37 heavy (non-hydrogen) atoms. The highest BCUT2D eigenvalue weighted by Gasteiger charge is 2.34. The molecule has 1 unspecified atom stereocenters. The van der Waals surface area contributed by atoms with E-state index in [1.165, 1.54) is 0 Å². The van der Waals surface area contributed by atoms with E-state index >= 15 is 0 Å². The molecule has 0 saturated carbocycles. The Morgan fingerprint density at radius 3 is 1.89 bits per heavy atom. The zero-order chi connectivity index (χ0) is 27.9. The minimum absolute atomic E-state index is 0. The summed E-state index contributed by atoms with van der Waals surface area (Å²) < 4.78 is 22.0. The van der Waals surface area contributed by atoms with Crippen LogP contribution in [0.25, 0.3) is 0 Å². The molecule has 0 saturated heterocycles. The standard InChI is InChI=1S/C27H44O7.C2H6.CH4/c1-9-31-24(29)17-33-22-13-14-23(34-18-25(30)32-10-2)21(27(6,7)8)16-19(22)20(12-11-15-28)26(3,4)5;1-2;/h13,16,20,28H,9-12,14-15,17-18H2,1-8H3;1-2H3;1H4. The second-order valence-corrected chi connectivity index (χ2v) is 10.4. The molecule has 1 N–H and O–H groups in total. The Balaban J connectivity index is 0. The van der Waals surface area contributed by atoms with Crippen molar-refractivity contribution in [1.82, 2.24) is 0 Å². The number of carbonyl (C=O) groups excluding carboxylic acids is 2. The first-order valence-corrected chi connectivity index (χ1v) is 13.2. The van der Waals surface area contributed by atoms with Gasteiger partial charge in [-0.2, -0.15) is 0 Å². The van der Waals surface area contributed by atoms with E-state index in [4.69, 9.17) is 18.9 Å². The molecule has 0 bridgehead atoms. The number of carbonyl (C=O) groups is 2. The number of aliphatic hydroxyl groups excluding tert-OH is 1. The molecular formula is C30H54O7. The van der Waals surface area contributed by atoms with Crippen LogP contribution < -0.4 is 0 Å². The van der Waals surface area contributed by atoms with Crippen molar-refractivity contribution in [2.45, 2.75) is 95.9 Å². The van der Waals surface area contributed by atoms with Gasteiger partial charge in [0.05, 0.1) is 13.2 Å². The molecule has 0 heterocycles. The lowest BCUT2D eigenvalue weighted by Crippen LogP contribution is -2.26.